The summed E-state index contributed by atoms with van der Waals surface area (Å²) in [4.78, 5) is 41.5. The number of likely N-dealkylation sites (N-methyl/N-ethyl adjacent to an activating group) is 1. The van der Waals surface area contributed by atoms with Crippen LogP contribution in [0, 0.1) is 34.5 Å². The Kier molecular flexibility index (Phi) is 12.2. The number of anilines is 2. The monoisotopic (exact) mass is 527 g/mol. The SMILES string of the molecule is CCCN1C(=O)C(CNc2cccc(NC(=O)CN(C)CCC(C)C)c2)S[C@H]1C(C#N)C(=O)NCC#N. The molecule has 1 aliphatic heterocycles. The molecule has 1 aromatic carbocycles. The van der Waals surface area contributed by atoms with Crippen molar-refractivity contribution >= 4 is 40.9 Å². The van der Waals surface area contributed by atoms with Crippen LogP contribution in [0.1, 0.15) is 33.6 Å². The molecule has 37 heavy (non-hydrogen) atoms. The molecule has 2 rings (SSSR count). The van der Waals surface area contributed by atoms with Crippen LogP contribution in [0.4, 0.5) is 11.4 Å². The topological polar surface area (TPSA) is 141 Å². The average Bonchev–Trinajstić information content (AvgIpc) is 3.16. The molecule has 0 aromatic heterocycles. The van der Waals surface area contributed by atoms with Crippen molar-refractivity contribution in [1.82, 2.24) is 15.1 Å². The first-order chi connectivity index (χ1) is 17.7. The summed E-state index contributed by atoms with van der Waals surface area (Å²) in [5.74, 6) is -1.28. The Hall–Kier alpha value is -3.28. The van der Waals surface area contributed by atoms with E-state index in [1.165, 1.54) is 11.8 Å². The van der Waals surface area contributed by atoms with Gasteiger partial charge in [0.25, 0.3) is 0 Å². The van der Waals surface area contributed by atoms with Gasteiger partial charge in [-0.15, -0.1) is 11.8 Å². The summed E-state index contributed by atoms with van der Waals surface area (Å²) in [5.41, 5.74) is 1.40. The molecule has 0 saturated carbocycles. The molecule has 3 atom stereocenters. The second kappa shape index (κ2) is 15.1. The Morgan fingerprint density at radius 1 is 1.24 bits per heavy atom. The van der Waals surface area contributed by atoms with E-state index in [1.807, 2.05) is 55.3 Å². The summed E-state index contributed by atoms with van der Waals surface area (Å²) in [5, 5.41) is 25.9. The van der Waals surface area contributed by atoms with Gasteiger partial charge in [-0.3, -0.25) is 19.3 Å². The normalized spacial score (nSPS) is 17.8. The number of hydrogen-bond donors (Lipinski definition) is 3. The lowest BCUT2D eigenvalue weighted by Crippen LogP contribution is -2.44. The molecular formula is C26H37N7O3S. The molecule has 0 aliphatic carbocycles. The van der Waals surface area contributed by atoms with E-state index in [2.05, 4.69) is 29.8 Å². The van der Waals surface area contributed by atoms with E-state index in [-0.39, 0.29) is 18.4 Å². The van der Waals surface area contributed by atoms with Crippen molar-refractivity contribution in [2.24, 2.45) is 11.8 Å². The van der Waals surface area contributed by atoms with Crippen LogP contribution in [-0.2, 0) is 14.4 Å². The van der Waals surface area contributed by atoms with Crippen molar-refractivity contribution in [3.05, 3.63) is 24.3 Å². The molecule has 0 spiro atoms. The largest absolute Gasteiger partial charge is 0.383 e. The van der Waals surface area contributed by atoms with Crippen molar-refractivity contribution in [1.29, 1.82) is 10.5 Å². The summed E-state index contributed by atoms with van der Waals surface area (Å²) < 4.78 is 0. The highest BCUT2D eigenvalue weighted by molar-refractivity contribution is 8.01. The maximum absolute atomic E-state index is 13.1. The van der Waals surface area contributed by atoms with Gasteiger partial charge in [-0.1, -0.05) is 26.8 Å². The Morgan fingerprint density at radius 2 is 1.97 bits per heavy atom. The Bertz CT molecular complexity index is 1020. The zero-order valence-electron chi connectivity index (χ0n) is 22.0. The third kappa shape index (κ3) is 9.27. The number of hydrogen-bond acceptors (Lipinski definition) is 8. The predicted octanol–water partition coefficient (Wildman–Crippen LogP) is 2.47. The molecule has 1 aliphatic rings. The van der Waals surface area contributed by atoms with E-state index < -0.39 is 22.4 Å². The molecule has 1 saturated heterocycles. The zero-order chi connectivity index (χ0) is 27.4. The lowest BCUT2D eigenvalue weighted by Gasteiger charge is -2.25. The lowest BCUT2D eigenvalue weighted by atomic mass is 10.1. The Labute approximate surface area is 223 Å². The molecule has 1 heterocycles. The van der Waals surface area contributed by atoms with Crippen LogP contribution in [0.15, 0.2) is 24.3 Å². The summed E-state index contributed by atoms with van der Waals surface area (Å²) in [6.07, 6.45) is 1.71. The Balaban J connectivity index is 1.99. The number of thioether (sulfide) groups is 1. The fraction of sp³-hybridized carbons (Fsp3) is 0.577. The summed E-state index contributed by atoms with van der Waals surface area (Å²) in [7, 11) is 1.93. The van der Waals surface area contributed by atoms with Crippen molar-refractivity contribution in [2.75, 3.05) is 50.4 Å². The standard InChI is InChI=1S/C26H37N7O3S/c1-5-12-33-25(36)22(37-26(33)21(15-28)24(35)29-11-10-27)16-30-19-7-6-8-20(14-19)31-23(34)17-32(4)13-9-18(2)3/h6-8,14,18,21-22,26,30H,5,9,11-13,16-17H2,1-4H3,(H,29,35)(H,31,34)/t21?,22?,26-/m0/s1. The first-order valence-electron chi connectivity index (χ1n) is 12.5. The minimum atomic E-state index is -1.07. The van der Waals surface area contributed by atoms with Crippen molar-refractivity contribution < 1.29 is 14.4 Å². The minimum absolute atomic E-state index is 0.0970. The van der Waals surface area contributed by atoms with Gasteiger partial charge in [0, 0.05) is 24.5 Å². The molecule has 1 fully saturated rings. The molecule has 200 valence electrons. The lowest BCUT2D eigenvalue weighted by molar-refractivity contribution is -0.131. The van der Waals surface area contributed by atoms with Crippen LogP contribution in [0.5, 0.6) is 0 Å². The fourth-order valence-electron chi connectivity index (χ4n) is 3.89. The van der Waals surface area contributed by atoms with Gasteiger partial charge >= 0.3 is 0 Å². The van der Waals surface area contributed by atoms with Crippen LogP contribution in [0.3, 0.4) is 0 Å². The summed E-state index contributed by atoms with van der Waals surface area (Å²) in [6, 6.07) is 11.1. The Morgan fingerprint density at radius 3 is 2.62 bits per heavy atom. The van der Waals surface area contributed by atoms with E-state index in [4.69, 9.17) is 5.26 Å². The highest BCUT2D eigenvalue weighted by Gasteiger charge is 2.45. The van der Waals surface area contributed by atoms with E-state index >= 15 is 0 Å². The van der Waals surface area contributed by atoms with Gasteiger partial charge in [0.1, 0.15) is 17.2 Å². The first-order valence-corrected chi connectivity index (χ1v) is 13.5. The average molecular weight is 528 g/mol. The third-order valence-corrected chi connectivity index (χ3v) is 7.32. The van der Waals surface area contributed by atoms with Gasteiger partial charge in [-0.05, 0) is 50.6 Å². The summed E-state index contributed by atoms with van der Waals surface area (Å²) in [6.45, 7) is 7.93. The smallest absolute Gasteiger partial charge is 0.241 e. The first kappa shape index (κ1) is 29.9. The van der Waals surface area contributed by atoms with E-state index in [1.54, 1.807) is 4.90 Å². The molecule has 3 N–H and O–H groups in total. The van der Waals surface area contributed by atoms with Crippen molar-refractivity contribution in [2.45, 2.75) is 44.2 Å². The van der Waals surface area contributed by atoms with Gasteiger partial charge < -0.3 is 20.9 Å². The molecule has 0 bridgehead atoms. The van der Waals surface area contributed by atoms with Gasteiger partial charge in [-0.2, -0.15) is 10.5 Å². The number of carbonyl (C=O) groups excluding carboxylic acids is 3. The van der Waals surface area contributed by atoms with E-state index in [9.17, 15) is 19.6 Å². The zero-order valence-corrected chi connectivity index (χ0v) is 22.8. The van der Waals surface area contributed by atoms with Crippen LogP contribution in [0.25, 0.3) is 0 Å². The molecule has 1 aromatic rings. The van der Waals surface area contributed by atoms with Crippen LogP contribution < -0.4 is 16.0 Å². The number of nitrogens with zero attached hydrogens (tertiary/aromatic N) is 4. The maximum Gasteiger partial charge on any atom is 0.241 e. The minimum Gasteiger partial charge on any atom is -0.383 e. The van der Waals surface area contributed by atoms with Crippen LogP contribution in [-0.4, -0.2) is 77.9 Å². The summed E-state index contributed by atoms with van der Waals surface area (Å²) >= 11 is 1.28. The molecule has 2 unspecified atom stereocenters. The highest BCUT2D eigenvalue weighted by Crippen LogP contribution is 2.36. The van der Waals surface area contributed by atoms with Gasteiger partial charge in [-0.25, -0.2) is 0 Å². The molecular weight excluding hydrogens is 490 g/mol. The highest BCUT2D eigenvalue weighted by atomic mass is 32.2. The molecule has 0 radical (unpaired) electrons. The second-order valence-electron chi connectivity index (χ2n) is 9.46. The number of nitriles is 2. The second-order valence-corrected chi connectivity index (χ2v) is 10.8. The number of benzene rings is 1. The molecule has 10 nitrogen and oxygen atoms in total. The van der Waals surface area contributed by atoms with Crippen molar-refractivity contribution in [3.63, 3.8) is 0 Å². The number of carbonyl (C=O) groups is 3. The number of nitrogens with one attached hydrogen (secondary N) is 3. The maximum atomic E-state index is 13.1. The van der Waals surface area contributed by atoms with Crippen LogP contribution >= 0.6 is 11.8 Å². The predicted molar refractivity (Wildman–Crippen MR) is 145 cm³/mol. The quantitative estimate of drug-likeness (QED) is 0.313. The van der Waals surface area contributed by atoms with Crippen LogP contribution in [0.2, 0.25) is 0 Å². The molecule has 11 heteroatoms. The number of rotatable bonds is 14. The van der Waals surface area contributed by atoms with Crippen molar-refractivity contribution in [3.8, 4) is 12.1 Å². The van der Waals surface area contributed by atoms with Gasteiger partial charge in [0.15, 0.2) is 5.92 Å². The van der Waals surface area contributed by atoms with E-state index in [0.29, 0.717) is 37.7 Å². The van der Waals surface area contributed by atoms with Gasteiger partial charge in [0.2, 0.25) is 17.7 Å². The fourth-order valence-corrected chi connectivity index (χ4v) is 5.36. The van der Waals surface area contributed by atoms with E-state index in [0.717, 1.165) is 18.7 Å². The number of amides is 3. The van der Waals surface area contributed by atoms with Gasteiger partial charge in [0.05, 0.1) is 18.7 Å². The molecule has 3 amide bonds. The third-order valence-electron chi connectivity index (χ3n) is 5.82.